The van der Waals surface area contributed by atoms with Gasteiger partial charge in [0.1, 0.15) is 17.3 Å². The lowest BCUT2D eigenvalue weighted by atomic mass is 10.1. The number of anilines is 1. The molecule has 4 nitrogen and oxygen atoms in total. The average molecular weight is 291 g/mol. The van der Waals surface area contributed by atoms with E-state index in [0.29, 0.717) is 0 Å². The largest absolute Gasteiger partial charge is 0.465 e. The van der Waals surface area contributed by atoms with Gasteiger partial charge in [0.25, 0.3) is 5.91 Å². The van der Waals surface area contributed by atoms with E-state index >= 15 is 0 Å². The minimum atomic E-state index is -0.882. The molecule has 1 amide bonds. The third kappa shape index (κ3) is 3.22. The summed E-state index contributed by atoms with van der Waals surface area (Å²) in [6, 6.07) is 8.89. The molecule has 108 valence electrons. The summed E-state index contributed by atoms with van der Waals surface area (Å²) < 4.78 is 31.5. The third-order valence-electron chi connectivity index (χ3n) is 2.75. The van der Waals surface area contributed by atoms with E-state index in [4.69, 9.17) is 0 Å². The van der Waals surface area contributed by atoms with E-state index in [1.165, 1.54) is 37.4 Å². The van der Waals surface area contributed by atoms with Crippen LogP contribution in [0.2, 0.25) is 0 Å². The molecule has 2 rings (SSSR count). The van der Waals surface area contributed by atoms with Crippen LogP contribution in [0.15, 0.2) is 42.5 Å². The SMILES string of the molecule is COC(=O)c1cccc(C(=O)Nc2c(F)cccc2F)c1. The van der Waals surface area contributed by atoms with Crippen molar-refractivity contribution < 1.29 is 23.1 Å². The minimum Gasteiger partial charge on any atom is -0.465 e. The molecule has 0 aromatic heterocycles. The number of methoxy groups -OCH3 is 1. The number of rotatable bonds is 3. The summed E-state index contributed by atoms with van der Waals surface area (Å²) in [5.41, 5.74) is -0.286. The summed E-state index contributed by atoms with van der Waals surface area (Å²) in [4.78, 5) is 23.4. The predicted molar refractivity (Wildman–Crippen MR) is 72.1 cm³/mol. The summed E-state index contributed by atoms with van der Waals surface area (Å²) in [5, 5.41) is 2.14. The van der Waals surface area contributed by atoms with Crippen molar-refractivity contribution in [3.63, 3.8) is 0 Å². The molecule has 0 radical (unpaired) electrons. The van der Waals surface area contributed by atoms with Gasteiger partial charge >= 0.3 is 5.97 Å². The highest BCUT2D eigenvalue weighted by atomic mass is 19.1. The summed E-state index contributed by atoms with van der Waals surface area (Å²) >= 11 is 0. The number of carbonyl (C=O) groups is 2. The van der Waals surface area contributed by atoms with Crippen LogP contribution >= 0.6 is 0 Å². The minimum absolute atomic E-state index is 0.0838. The zero-order valence-electron chi connectivity index (χ0n) is 11.0. The molecule has 0 atom stereocenters. The van der Waals surface area contributed by atoms with Crippen LogP contribution in [0, 0.1) is 11.6 Å². The molecular weight excluding hydrogens is 280 g/mol. The van der Waals surface area contributed by atoms with Crippen molar-refractivity contribution in [2.45, 2.75) is 0 Å². The van der Waals surface area contributed by atoms with Gasteiger partial charge in [-0.25, -0.2) is 13.6 Å². The Morgan fingerprint density at radius 2 is 1.57 bits per heavy atom. The van der Waals surface area contributed by atoms with E-state index in [9.17, 15) is 18.4 Å². The van der Waals surface area contributed by atoms with E-state index in [2.05, 4.69) is 10.1 Å². The Kier molecular flexibility index (Phi) is 4.27. The van der Waals surface area contributed by atoms with Crippen LogP contribution < -0.4 is 5.32 Å². The number of ether oxygens (including phenoxy) is 1. The van der Waals surface area contributed by atoms with Gasteiger partial charge in [-0.05, 0) is 30.3 Å². The van der Waals surface area contributed by atoms with Crippen LogP contribution in [0.25, 0.3) is 0 Å². The van der Waals surface area contributed by atoms with Gasteiger partial charge in [-0.2, -0.15) is 0 Å². The van der Waals surface area contributed by atoms with Crippen molar-refractivity contribution in [3.8, 4) is 0 Å². The Morgan fingerprint density at radius 1 is 1.00 bits per heavy atom. The smallest absolute Gasteiger partial charge is 0.337 e. The van der Waals surface area contributed by atoms with Crippen LogP contribution in [-0.4, -0.2) is 19.0 Å². The molecule has 2 aromatic rings. The molecule has 1 N–H and O–H groups in total. The monoisotopic (exact) mass is 291 g/mol. The molecule has 0 saturated carbocycles. The second-order valence-electron chi connectivity index (χ2n) is 4.12. The van der Waals surface area contributed by atoms with Crippen LogP contribution in [0.3, 0.4) is 0 Å². The maximum absolute atomic E-state index is 13.5. The second-order valence-corrected chi connectivity index (χ2v) is 4.12. The Balaban J connectivity index is 2.27. The Bertz CT molecular complexity index is 681. The molecule has 0 heterocycles. The van der Waals surface area contributed by atoms with Gasteiger partial charge < -0.3 is 10.1 Å². The highest BCUT2D eigenvalue weighted by Crippen LogP contribution is 2.19. The third-order valence-corrected chi connectivity index (χ3v) is 2.75. The number of carbonyl (C=O) groups excluding carboxylic acids is 2. The van der Waals surface area contributed by atoms with Crippen molar-refractivity contribution in [1.29, 1.82) is 0 Å². The highest BCUT2D eigenvalue weighted by molar-refractivity contribution is 6.05. The number of esters is 1. The van der Waals surface area contributed by atoms with Gasteiger partial charge in [-0.3, -0.25) is 4.79 Å². The number of hydrogen-bond donors (Lipinski definition) is 1. The summed E-state index contributed by atoms with van der Waals surface area (Å²) in [5.74, 6) is -3.11. The lowest BCUT2D eigenvalue weighted by Gasteiger charge is -2.08. The molecule has 0 spiro atoms. The number of nitrogens with one attached hydrogen (secondary N) is 1. The second kappa shape index (κ2) is 6.13. The van der Waals surface area contributed by atoms with Crippen molar-refractivity contribution in [1.82, 2.24) is 0 Å². The number of amides is 1. The lowest BCUT2D eigenvalue weighted by molar-refractivity contribution is 0.0600. The number of para-hydroxylation sites is 1. The van der Waals surface area contributed by atoms with Gasteiger partial charge in [-0.15, -0.1) is 0 Å². The molecule has 0 aliphatic carbocycles. The van der Waals surface area contributed by atoms with Gasteiger partial charge in [-0.1, -0.05) is 12.1 Å². The predicted octanol–water partition coefficient (Wildman–Crippen LogP) is 3.00. The Hall–Kier alpha value is -2.76. The van der Waals surface area contributed by atoms with Crippen molar-refractivity contribution in [2.75, 3.05) is 12.4 Å². The first-order chi connectivity index (χ1) is 10.0. The Morgan fingerprint density at radius 3 is 2.19 bits per heavy atom. The van der Waals surface area contributed by atoms with Crippen LogP contribution in [0.4, 0.5) is 14.5 Å². The molecule has 0 aliphatic heterocycles. The van der Waals surface area contributed by atoms with Crippen molar-refractivity contribution in [3.05, 3.63) is 65.2 Å². The standard InChI is InChI=1S/C15H11F2NO3/c1-21-15(20)10-5-2-4-9(8-10)14(19)18-13-11(16)6-3-7-12(13)17/h2-8H,1H3,(H,18,19). The van der Waals surface area contributed by atoms with E-state index in [1.54, 1.807) is 0 Å². The molecule has 0 unspecified atom stereocenters. The van der Waals surface area contributed by atoms with E-state index in [0.717, 1.165) is 12.1 Å². The lowest BCUT2D eigenvalue weighted by Crippen LogP contribution is -2.15. The van der Waals surface area contributed by atoms with Crippen molar-refractivity contribution in [2.24, 2.45) is 0 Å². The van der Waals surface area contributed by atoms with Crippen molar-refractivity contribution >= 4 is 17.6 Å². The van der Waals surface area contributed by atoms with Gasteiger partial charge in [0, 0.05) is 5.56 Å². The fraction of sp³-hybridized carbons (Fsp3) is 0.0667. The van der Waals surface area contributed by atoms with Crippen LogP contribution in [-0.2, 0) is 4.74 Å². The molecule has 0 aliphatic rings. The maximum Gasteiger partial charge on any atom is 0.337 e. The Labute approximate surface area is 119 Å². The molecular formula is C15H11F2NO3. The average Bonchev–Trinajstić information content (AvgIpc) is 2.50. The van der Waals surface area contributed by atoms with Crippen LogP contribution in [0.1, 0.15) is 20.7 Å². The quantitative estimate of drug-likeness (QED) is 0.884. The maximum atomic E-state index is 13.5. The fourth-order valence-corrected chi connectivity index (χ4v) is 1.71. The number of benzene rings is 2. The zero-order chi connectivity index (χ0) is 15.4. The summed E-state index contributed by atoms with van der Waals surface area (Å²) in [6.07, 6.45) is 0. The van der Waals surface area contributed by atoms with Crippen LogP contribution in [0.5, 0.6) is 0 Å². The number of halogens is 2. The highest BCUT2D eigenvalue weighted by Gasteiger charge is 2.15. The molecule has 6 heteroatoms. The normalized spacial score (nSPS) is 10.0. The first-order valence-electron chi connectivity index (χ1n) is 5.96. The van der Waals surface area contributed by atoms with E-state index in [-0.39, 0.29) is 11.1 Å². The van der Waals surface area contributed by atoms with Gasteiger partial charge in [0.15, 0.2) is 0 Å². The molecule has 0 saturated heterocycles. The first-order valence-corrected chi connectivity index (χ1v) is 5.96. The first kappa shape index (κ1) is 14.6. The topological polar surface area (TPSA) is 55.4 Å². The summed E-state index contributed by atoms with van der Waals surface area (Å²) in [6.45, 7) is 0. The van der Waals surface area contributed by atoms with E-state index < -0.39 is 29.2 Å². The van der Waals surface area contributed by atoms with Gasteiger partial charge in [0.2, 0.25) is 0 Å². The summed E-state index contributed by atoms with van der Waals surface area (Å²) in [7, 11) is 1.21. The van der Waals surface area contributed by atoms with Gasteiger partial charge in [0.05, 0.1) is 12.7 Å². The molecule has 2 aromatic carbocycles. The van der Waals surface area contributed by atoms with E-state index in [1.807, 2.05) is 0 Å². The molecule has 21 heavy (non-hydrogen) atoms. The zero-order valence-corrected chi connectivity index (χ0v) is 11.0. The number of hydrogen-bond acceptors (Lipinski definition) is 3. The molecule has 0 fully saturated rings. The fourth-order valence-electron chi connectivity index (χ4n) is 1.71. The molecule has 0 bridgehead atoms.